The number of rotatable bonds is 2. The SMILES string of the molecule is COCN1CC(C)NC(C)C1. The standard InChI is InChI=1S/C8H18N2O/c1-7-4-10(6-11-3)5-8(2)9-7/h7-9H,4-6H2,1-3H3. The van der Waals surface area contributed by atoms with Crippen LogP contribution in [0.5, 0.6) is 0 Å². The maximum Gasteiger partial charge on any atom is 0.0987 e. The normalized spacial score (nSPS) is 34.1. The van der Waals surface area contributed by atoms with Crippen LogP contribution < -0.4 is 5.32 Å². The molecule has 0 saturated carbocycles. The highest BCUT2D eigenvalue weighted by Gasteiger charge is 2.19. The van der Waals surface area contributed by atoms with Crippen LogP contribution >= 0.6 is 0 Å². The monoisotopic (exact) mass is 158 g/mol. The molecule has 2 atom stereocenters. The van der Waals surface area contributed by atoms with Gasteiger partial charge in [0.25, 0.3) is 0 Å². The third-order valence-electron chi connectivity index (χ3n) is 1.94. The van der Waals surface area contributed by atoms with Gasteiger partial charge < -0.3 is 10.1 Å². The number of nitrogens with zero attached hydrogens (tertiary/aromatic N) is 1. The lowest BCUT2D eigenvalue weighted by molar-refractivity contribution is 0.0348. The molecule has 11 heavy (non-hydrogen) atoms. The van der Waals surface area contributed by atoms with Crippen molar-refractivity contribution >= 4 is 0 Å². The third kappa shape index (κ3) is 2.77. The molecule has 0 amide bonds. The Morgan fingerprint density at radius 3 is 2.36 bits per heavy atom. The summed E-state index contributed by atoms with van der Waals surface area (Å²) in [6.45, 7) is 7.36. The van der Waals surface area contributed by atoms with Gasteiger partial charge in [0.05, 0.1) is 6.73 Å². The van der Waals surface area contributed by atoms with E-state index in [0.717, 1.165) is 19.8 Å². The number of nitrogens with one attached hydrogen (secondary N) is 1. The summed E-state index contributed by atoms with van der Waals surface area (Å²) >= 11 is 0. The summed E-state index contributed by atoms with van der Waals surface area (Å²) in [5, 5.41) is 3.47. The van der Waals surface area contributed by atoms with E-state index in [-0.39, 0.29) is 0 Å². The second kappa shape index (κ2) is 4.04. The predicted octanol–water partition coefficient (Wildman–Crippen LogP) is 0.273. The van der Waals surface area contributed by atoms with Crippen molar-refractivity contribution in [3.05, 3.63) is 0 Å². The van der Waals surface area contributed by atoms with Crippen LogP contribution in [0.4, 0.5) is 0 Å². The van der Waals surface area contributed by atoms with Crippen LogP contribution in [0.15, 0.2) is 0 Å². The molecular weight excluding hydrogens is 140 g/mol. The fourth-order valence-electron chi connectivity index (χ4n) is 1.73. The summed E-state index contributed by atoms with van der Waals surface area (Å²) in [5.41, 5.74) is 0. The second-order valence-electron chi connectivity index (χ2n) is 3.42. The first-order chi connectivity index (χ1) is 5.22. The molecule has 0 aromatic heterocycles. The van der Waals surface area contributed by atoms with Crippen molar-refractivity contribution in [2.45, 2.75) is 25.9 Å². The van der Waals surface area contributed by atoms with Gasteiger partial charge in [-0.05, 0) is 13.8 Å². The maximum atomic E-state index is 5.08. The van der Waals surface area contributed by atoms with Crippen LogP contribution in [0.3, 0.4) is 0 Å². The van der Waals surface area contributed by atoms with E-state index < -0.39 is 0 Å². The van der Waals surface area contributed by atoms with Crippen LogP contribution in [-0.4, -0.2) is 43.9 Å². The fraction of sp³-hybridized carbons (Fsp3) is 1.00. The van der Waals surface area contributed by atoms with Gasteiger partial charge in [0.2, 0.25) is 0 Å². The quantitative estimate of drug-likeness (QED) is 0.624. The van der Waals surface area contributed by atoms with E-state index in [1.807, 2.05) is 0 Å². The van der Waals surface area contributed by atoms with E-state index in [1.54, 1.807) is 7.11 Å². The summed E-state index contributed by atoms with van der Waals surface area (Å²) in [4.78, 5) is 2.33. The van der Waals surface area contributed by atoms with Gasteiger partial charge in [-0.3, -0.25) is 4.90 Å². The molecule has 1 aliphatic heterocycles. The third-order valence-corrected chi connectivity index (χ3v) is 1.94. The number of piperazine rings is 1. The van der Waals surface area contributed by atoms with E-state index >= 15 is 0 Å². The average Bonchev–Trinajstić information content (AvgIpc) is 1.85. The Morgan fingerprint density at radius 1 is 1.36 bits per heavy atom. The zero-order valence-electron chi connectivity index (χ0n) is 7.63. The van der Waals surface area contributed by atoms with Crippen LogP contribution in [0.2, 0.25) is 0 Å². The Bertz CT molecular complexity index is 109. The van der Waals surface area contributed by atoms with Crippen molar-refractivity contribution in [2.75, 3.05) is 26.9 Å². The summed E-state index contributed by atoms with van der Waals surface area (Å²) in [6, 6.07) is 1.18. The van der Waals surface area contributed by atoms with Crippen molar-refractivity contribution in [2.24, 2.45) is 0 Å². The van der Waals surface area contributed by atoms with Crippen LogP contribution in [0.1, 0.15) is 13.8 Å². The van der Waals surface area contributed by atoms with Crippen LogP contribution in [0.25, 0.3) is 0 Å². The van der Waals surface area contributed by atoms with Crippen molar-refractivity contribution in [3.8, 4) is 0 Å². The minimum Gasteiger partial charge on any atom is -0.369 e. The number of ether oxygens (including phenoxy) is 1. The summed E-state index contributed by atoms with van der Waals surface area (Å²) in [5.74, 6) is 0. The smallest absolute Gasteiger partial charge is 0.0987 e. The van der Waals surface area contributed by atoms with Crippen molar-refractivity contribution in [3.63, 3.8) is 0 Å². The lowest BCUT2D eigenvalue weighted by Gasteiger charge is -2.35. The van der Waals surface area contributed by atoms with Gasteiger partial charge in [0.1, 0.15) is 0 Å². The Kier molecular flexibility index (Phi) is 3.30. The number of methoxy groups -OCH3 is 1. The van der Waals surface area contributed by atoms with Gasteiger partial charge in [-0.15, -0.1) is 0 Å². The van der Waals surface area contributed by atoms with Gasteiger partial charge in [-0.25, -0.2) is 0 Å². The van der Waals surface area contributed by atoms with Crippen molar-refractivity contribution < 1.29 is 4.74 Å². The van der Waals surface area contributed by atoms with E-state index in [1.165, 1.54) is 0 Å². The Morgan fingerprint density at radius 2 is 1.91 bits per heavy atom. The predicted molar refractivity (Wildman–Crippen MR) is 45.5 cm³/mol. The van der Waals surface area contributed by atoms with Gasteiger partial charge in [0.15, 0.2) is 0 Å². The summed E-state index contributed by atoms with van der Waals surface area (Å²) in [6.07, 6.45) is 0. The van der Waals surface area contributed by atoms with Gasteiger partial charge in [-0.1, -0.05) is 0 Å². The number of hydrogen-bond acceptors (Lipinski definition) is 3. The van der Waals surface area contributed by atoms with E-state index in [4.69, 9.17) is 4.74 Å². The minimum atomic E-state index is 0.592. The highest BCUT2D eigenvalue weighted by molar-refractivity contribution is 4.79. The molecule has 2 unspecified atom stereocenters. The first-order valence-electron chi connectivity index (χ1n) is 4.19. The summed E-state index contributed by atoms with van der Waals surface area (Å²) in [7, 11) is 1.75. The molecule has 0 aromatic rings. The van der Waals surface area contributed by atoms with Crippen molar-refractivity contribution in [1.82, 2.24) is 10.2 Å². The molecule has 0 spiro atoms. The molecule has 0 aliphatic carbocycles. The molecule has 1 fully saturated rings. The molecule has 66 valence electrons. The zero-order valence-corrected chi connectivity index (χ0v) is 7.63. The molecule has 0 bridgehead atoms. The maximum absolute atomic E-state index is 5.08. The molecule has 1 N–H and O–H groups in total. The molecule has 3 heteroatoms. The molecule has 1 heterocycles. The molecule has 3 nitrogen and oxygen atoms in total. The average molecular weight is 158 g/mol. The van der Waals surface area contributed by atoms with Crippen molar-refractivity contribution in [1.29, 1.82) is 0 Å². The van der Waals surface area contributed by atoms with E-state index in [0.29, 0.717) is 12.1 Å². The Balaban J connectivity index is 2.30. The van der Waals surface area contributed by atoms with Crippen LogP contribution in [-0.2, 0) is 4.74 Å². The first-order valence-corrected chi connectivity index (χ1v) is 4.19. The largest absolute Gasteiger partial charge is 0.369 e. The fourth-order valence-corrected chi connectivity index (χ4v) is 1.73. The molecule has 0 radical (unpaired) electrons. The van der Waals surface area contributed by atoms with E-state index in [9.17, 15) is 0 Å². The molecule has 1 aliphatic rings. The van der Waals surface area contributed by atoms with Gasteiger partial charge in [-0.2, -0.15) is 0 Å². The molecular formula is C8H18N2O. The number of hydrogen-bond donors (Lipinski definition) is 1. The highest BCUT2D eigenvalue weighted by Crippen LogP contribution is 2.02. The van der Waals surface area contributed by atoms with Crippen LogP contribution in [0, 0.1) is 0 Å². The lowest BCUT2D eigenvalue weighted by Crippen LogP contribution is -2.54. The zero-order chi connectivity index (χ0) is 8.27. The molecule has 0 aromatic carbocycles. The topological polar surface area (TPSA) is 24.5 Å². The van der Waals surface area contributed by atoms with E-state index in [2.05, 4.69) is 24.1 Å². The minimum absolute atomic E-state index is 0.592. The Labute approximate surface area is 68.7 Å². The second-order valence-corrected chi connectivity index (χ2v) is 3.42. The Hall–Kier alpha value is -0.120. The molecule has 1 saturated heterocycles. The van der Waals surface area contributed by atoms with Gasteiger partial charge in [0, 0.05) is 32.3 Å². The van der Waals surface area contributed by atoms with Gasteiger partial charge >= 0.3 is 0 Å². The lowest BCUT2D eigenvalue weighted by atomic mass is 10.2. The summed E-state index contributed by atoms with van der Waals surface area (Å²) < 4.78 is 5.08. The first kappa shape index (κ1) is 8.97. The molecule has 1 rings (SSSR count). The highest BCUT2D eigenvalue weighted by atomic mass is 16.5.